The number of nitrogens with one attached hydrogen (secondary N) is 2. The fourth-order valence-electron chi connectivity index (χ4n) is 2.45. The highest BCUT2D eigenvalue weighted by Gasteiger charge is 2.12. The molecular weight excluding hydrogens is 350 g/mol. The van der Waals surface area contributed by atoms with Crippen LogP contribution in [-0.4, -0.2) is 32.3 Å². The lowest BCUT2D eigenvalue weighted by atomic mass is 10.2. The van der Waals surface area contributed by atoms with Crippen molar-refractivity contribution in [3.63, 3.8) is 0 Å². The van der Waals surface area contributed by atoms with Gasteiger partial charge in [-0.2, -0.15) is 5.10 Å². The van der Waals surface area contributed by atoms with Gasteiger partial charge in [0.2, 0.25) is 5.91 Å². The first-order valence-corrected chi connectivity index (χ1v) is 8.62. The number of benzene rings is 1. The molecule has 0 fully saturated rings. The van der Waals surface area contributed by atoms with Crippen LogP contribution in [0.5, 0.6) is 5.75 Å². The summed E-state index contributed by atoms with van der Waals surface area (Å²) in [6, 6.07) is 11.2. The van der Waals surface area contributed by atoms with Crippen LogP contribution in [0.1, 0.15) is 12.5 Å². The molecule has 0 atom stereocenters. The molecule has 0 aliphatic heterocycles. The maximum atomic E-state index is 12.3. The summed E-state index contributed by atoms with van der Waals surface area (Å²) in [5.41, 5.74) is 1.83. The van der Waals surface area contributed by atoms with Crippen molar-refractivity contribution in [3.05, 3.63) is 59.1 Å². The van der Waals surface area contributed by atoms with Gasteiger partial charge >= 0.3 is 0 Å². The second-order valence-corrected chi connectivity index (χ2v) is 5.91. The van der Waals surface area contributed by atoms with Gasteiger partial charge in [0, 0.05) is 24.5 Å². The number of ether oxygens (including phenoxy) is 1. The van der Waals surface area contributed by atoms with Gasteiger partial charge in [0.05, 0.1) is 6.61 Å². The minimum atomic E-state index is -0.147. The summed E-state index contributed by atoms with van der Waals surface area (Å²) in [6.07, 6.45) is 3.38. The molecule has 1 aromatic carbocycles. The summed E-state index contributed by atoms with van der Waals surface area (Å²) in [6.45, 7) is 3.06. The van der Waals surface area contributed by atoms with Gasteiger partial charge in [-0.25, -0.2) is 0 Å². The van der Waals surface area contributed by atoms with Gasteiger partial charge in [-0.05, 0) is 61.1 Å². The molecule has 0 unspecified atom stereocenters. The predicted octanol–water partition coefficient (Wildman–Crippen LogP) is 2.72. The van der Waals surface area contributed by atoms with Crippen LogP contribution >= 0.6 is 12.2 Å². The van der Waals surface area contributed by atoms with Crippen LogP contribution in [0.25, 0.3) is 11.4 Å². The Morgan fingerprint density at radius 3 is 2.65 bits per heavy atom. The number of rotatable bonds is 7. The quantitative estimate of drug-likeness (QED) is 0.626. The Balaban J connectivity index is 1.71. The fraction of sp³-hybridized carbons (Fsp3) is 0.222. The molecule has 7 nitrogen and oxygen atoms in total. The highest BCUT2D eigenvalue weighted by atomic mass is 32.1. The first kappa shape index (κ1) is 17.8. The normalized spacial score (nSPS) is 10.5. The summed E-state index contributed by atoms with van der Waals surface area (Å²) in [4.78, 5) is 16.3. The second kappa shape index (κ2) is 8.39. The van der Waals surface area contributed by atoms with E-state index >= 15 is 0 Å². The van der Waals surface area contributed by atoms with E-state index in [1.165, 1.54) is 0 Å². The summed E-state index contributed by atoms with van der Waals surface area (Å²) >= 11 is 5.27. The molecule has 8 heteroatoms. The molecule has 0 spiro atoms. The van der Waals surface area contributed by atoms with Crippen molar-refractivity contribution < 1.29 is 9.53 Å². The molecule has 0 aliphatic carbocycles. The smallest absolute Gasteiger partial charge is 0.240 e. The summed E-state index contributed by atoms with van der Waals surface area (Å²) in [7, 11) is 0. The molecule has 2 heterocycles. The minimum Gasteiger partial charge on any atom is -0.494 e. The molecule has 3 rings (SSSR count). The van der Waals surface area contributed by atoms with Gasteiger partial charge in [0.25, 0.3) is 0 Å². The SMILES string of the molecule is CCOc1ccc(-c2n[nH]c(=S)n2CC(=O)NCc2ccncc2)cc1. The average Bonchev–Trinajstić information content (AvgIpc) is 3.02. The maximum Gasteiger partial charge on any atom is 0.240 e. The van der Waals surface area contributed by atoms with E-state index in [0.29, 0.717) is 23.7 Å². The van der Waals surface area contributed by atoms with E-state index in [-0.39, 0.29) is 12.5 Å². The van der Waals surface area contributed by atoms with Gasteiger partial charge < -0.3 is 10.1 Å². The van der Waals surface area contributed by atoms with Gasteiger partial charge in [0.1, 0.15) is 12.3 Å². The van der Waals surface area contributed by atoms with E-state index in [1.54, 1.807) is 17.0 Å². The van der Waals surface area contributed by atoms with Gasteiger partial charge in [-0.15, -0.1) is 0 Å². The molecule has 0 saturated carbocycles. The second-order valence-electron chi connectivity index (χ2n) is 5.53. The van der Waals surface area contributed by atoms with Crippen molar-refractivity contribution >= 4 is 18.1 Å². The zero-order valence-corrected chi connectivity index (χ0v) is 15.1. The van der Waals surface area contributed by atoms with Crippen molar-refractivity contribution in [2.45, 2.75) is 20.0 Å². The largest absolute Gasteiger partial charge is 0.494 e. The molecule has 134 valence electrons. The predicted molar refractivity (Wildman–Crippen MR) is 100 cm³/mol. The van der Waals surface area contributed by atoms with Crippen molar-refractivity contribution in [2.75, 3.05) is 6.61 Å². The van der Waals surface area contributed by atoms with Crippen LogP contribution in [-0.2, 0) is 17.9 Å². The molecule has 3 aromatic rings. The third-order valence-electron chi connectivity index (χ3n) is 3.72. The Bertz CT molecular complexity index is 919. The van der Waals surface area contributed by atoms with E-state index in [9.17, 15) is 4.79 Å². The number of amides is 1. The monoisotopic (exact) mass is 369 g/mol. The van der Waals surface area contributed by atoms with Crippen molar-refractivity contribution in [1.29, 1.82) is 0 Å². The number of aromatic amines is 1. The first-order valence-electron chi connectivity index (χ1n) is 8.21. The maximum absolute atomic E-state index is 12.3. The van der Waals surface area contributed by atoms with Gasteiger partial charge in [0.15, 0.2) is 10.6 Å². The van der Waals surface area contributed by atoms with Crippen molar-refractivity contribution in [2.24, 2.45) is 0 Å². The summed E-state index contributed by atoms with van der Waals surface area (Å²) < 4.78 is 7.52. The van der Waals surface area contributed by atoms with Crippen LogP contribution in [0.4, 0.5) is 0 Å². The number of H-pyrrole nitrogens is 1. The van der Waals surface area contributed by atoms with Crippen LogP contribution in [0, 0.1) is 4.77 Å². The lowest BCUT2D eigenvalue weighted by Crippen LogP contribution is -2.27. The molecular formula is C18H19N5O2S. The fourth-order valence-corrected chi connectivity index (χ4v) is 2.65. The summed E-state index contributed by atoms with van der Waals surface area (Å²) in [5.74, 6) is 1.25. The molecule has 0 bridgehead atoms. The standard InChI is InChI=1S/C18H19N5O2S/c1-2-25-15-5-3-14(4-6-15)17-21-22-18(26)23(17)12-16(24)20-11-13-7-9-19-10-8-13/h3-10H,2,11-12H2,1H3,(H,20,24)(H,22,26). The van der Waals surface area contributed by atoms with E-state index < -0.39 is 0 Å². The number of carbonyl (C=O) groups is 1. The molecule has 0 saturated heterocycles. The highest BCUT2D eigenvalue weighted by molar-refractivity contribution is 7.71. The number of pyridine rings is 1. The van der Waals surface area contributed by atoms with Crippen molar-refractivity contribution in [3.8, 4) is 17.1 Å². The molecule has 1 amide bonds. The Labute approximate surface area is 156 Å². The lowest BCUT2D eigenvalue weighted by Gasteiger charge is -2.09. The van der Waals surface area contributed by atoms with E-state index in [4.69, 9.17) is 17.0 Å². The van der Waals surface area contributed by atoms with E-state index in [0.717, 1.165) is 16.9 Å². The molecule has 2 aromatic heterocycles. The zero-order valence-electron chi connectivity index (χ0n) is 14.3. The Morgan fingerprint density at radius 2 is 1.96 bits per heavy atom. The Morgan fingerprint density at radius 1 is 1.23 bits per heavy atom. The van der Waals surface area contributed by atoms with Crippen LogP contribution in [0.2, 0.25) is 0 Å². The third kappa shape index (κ3) is 4.34. The van der Waals surface area contributed by atoms with E-state index in [1.807, 2.05) is 43.3 Å². The molecule has 0 radical (unpaired) electrons. The Hall–Kier alpha value is -3.00. The van der Waals surface area contributed by atoms with Crippen molar-refractivity contribution in [1.82, 2.24) is 25.1 Å². The third-order valence-corrected chi connectivity index (χ3v) is 4.03. The Kier molecular flexibility index (Phi) is 5.75. The van der Waals surface area contributed by atoms with Crippen LogP contribution in [0.15, 0.2) is 48.8 Å². The molecule has 2 N–H and O–H groups in total. The highest BCUT2D eigenvalue weighted by Crippen LogP contribution is 2.21. The van der Waals surface area contributed by atoms with Crippen LogP contribution < -0.4 is 10.1 Å². The first-order chi connectivity index (χ1) is 12.7. The average molecular weight is 369 g/mol. The molecule has 0 aliphatic rings. The summed E-state index contributed by atoms with van der Waals surface area (Å²) in [5, 5.41) is 9.87. The van der Waals surface area contributed by atoms with Gasteiger partial charge in [-0.3, -0.25) is 19.4 Å². The lowest BCUT2D eigenvalue weighted by molar-refractivity contribution is -0.121. The number of hydrogen-bond acceptors (Lipinski definition) is 5. The van der Waals surface area contributed by atoms with E-state index in [2.05, 4.69) is 20.5 Å². The number of nitrogens with zero attached hydrogens (tertiary/aromatic N) is 3. The van der Waals surface area contributed by atoms with Crippen LogP contribution in [0.3, 0.4) is 0 Å². The van der Waals surface area contributed by atoms with Gasteiger partial charge in [-0.1, -0.05) is 0 Å². The number of carbonyl (C=O) groups excluding carboxylic acids is 1. The number of hydrogen-bond donors (Lipinski definition) is 2. The number of aromatic nitrogens is 4. The topological polar surface area (TPSA) is 84.8 Å². The minimum absolute atomic E-state index is 0.0863. The zero-order chi connectivity index (χ0) is 18.4. The molecule has 26 heavy (non-hydrogen) atoms.